The molecule has 2 unspecified atom stereocenters. The summed E-state index contributed by atoms with van der Waals surface area (Å²) in [6.45, 7) is 4.67. The maximum atomic E-state index is 12.8. The van der Waals surface area contributed by atoms with Gasteiger partial charge < -0.3 is 28.5 Å². The standard InChI is InChI=1S/C57H93NO8/c1-6-8-10-12-14-16-17-18-19-20-21-22-23-24-25-26-27-28-29-30-31-32-33-34-35-36-37-38-39-40-42-44-46-48-55(60)66-53(52-65-57(56(61)62)63-50-49-58(3,4)5)51-64-54(59)47-45-43-41-15-13-11-9-7-2/h8,10,14,16,18-19,21-22,24-25,27-28,30-31,33-34,36-37,53,57H,6-7,9,11-13,15,17,20,23,26,29,32,35,38-52H2,1-5H3/p+1/b10-8-,16-14-,19-18-,22-21-,25-24-,28-27-,31-30-,34-33-,37-36-. The second-order valence-electron chi connectivity index (χ2n) is 17.8. The highest BCUT2D eigenvalue weighted by Crippen LogP contribution is 2.13. The van der Waals surface area contributed by atoms with Crippen LogP contribution in [0.4, 0.5) is 0 Å². The van der Waals surface area contributed by atoms with Gasteiger partial charge in [-0.15, -0.1) is 0 Å². The van der Waals surface area contributed by atoms with Crippen molar-refractivity contribution in [3.05, 3.63) is 109 Å². The molecule has 0 aromatic rings. The van der Waals surface area contributed by atoms with Crippen LogP contribution in [0.5, 0.6) is 0 Å². The predicted molar refractivity (Wildman–Crippen MR) is 276 cm³/mol. The summed E-state index contributed by atoms with van der Waals surface area (Å²) in [5.41, 5.74) is 0. The maximum Gasteiger partial charge on any atom is 0.361 e. The molecule has 0 amide bonds. The Balaban J connectivity index is 4.25. The molecule has 1 N–H and O–H groups in total. The summed E-state index contributed by atoms with van der Waals surface area (Å²) in [6, 6.07) is 0. The fourth-order valence-corrected chi connectivity index (χ4v) is 6.36. The second kappa shape index (κ2) is 47.4. The Bertz CT molecular complexity index is 1440. The van der Waals surface area contributed by atoms with Gasteiger partial charge in [0.15, 0.2) is 6.10 Å². The fraction of sp³-hybridized carbons (Fsp3) is 0.632. The number of hydrogen-bond donors (Lipinski definition) is 1. The van der Waals surface area contributed by atoms with Crippen LogP contribution in [0.3, 0.4) is 0 Å². The van der Waals surface area contributed by atoms with Gasteiger partial charge in [-0.3, -0.25) is 9.59 Å². The van der Waals surface area contributed by atoms with Crippen molar-refractivity contribution in [3.63, 3.8) is 0 Å². The number of ether oxygens (including phenoxy) is 4. The molecule has 0 aliphatic heterocycles. The third kappa shape index (κ3) is 47.9. The molecule has 0 aliphatic carbocycles. The molecule has 0 saturated carbocycles. The van der Waals surface area contributed by atoms with Crippen LogP contribution in [0.25, 0.3) is 0 Å². The van der Waals surface area contributed by atoms with E-state index in [0.717, 1.165) is 109 Å². The maximum absolute atomic E-state index is 12.8. The summed E-state index contributed by atoms with van der Waals surface area (Å²) >= 11 is 0. The van der Waals surface area contributed by atoms with Crippen molar-refractivity contribution in [2.24, 2.45) is 0 Å². The minimum absolute atomic E-state index is 0.178. The summed E-state index contributed by atoms with van der Waals surface area (Å²) in [5, 5.41) is 9.63. The number of carboxylic acid groups (broad SMARTS) is 1. The molecule has 66 heavy (non-hydrogen) atoms. The normalized spacial score (nSPS) is 13.8. The summed E-state index contributed by atoms with van der Waals surface area (Å²) in [6.07, 6.45) is 61.8. The number of allylic oxidation sites excluding steroid dienone is 18. The van der Waals surface area contributed by atoms with Crippen LogP contribution in [0.1, 0.15) is 174 Å². The van der Waals surface area contributed by atoms with Crippen molar-refractivity contribution in [2.45, 2.75) is 187 Å². The van der Waals surface area contributed by atoms with E-state index in [0.29, 0.717) is 23.9 Å². The van der Waals surface area contributed by atoms with E-state index < -0.39 is 24.3 Å². The van der Waals surface area contributed by atoms with Gasteiger partial charge in [0.05, 0.1) is 34.4 Å². The quantitative estimate of drug-likeness (QED) is 0.0212. The number of esters is 2. The van der Waals surface area contributed by atoms with Gasteiger partial charge in [0.25, 0.3) is 6.29 Å². The third-order valence-corrected chi connectivity index (χ3v) is 10.3. The number of carbonyl (C=O) groups is 3. The Kier molecular flexibility index (Phi) is 44.5. The van der Waals surface area contributed by atoms with Crippen molar-refractivity contribution in [3.8, 4) is 0 Å². The van der Waals surface area contributed by atoms with E-state index in [9.17, 15) is 19.5 Å². The second-order valence-corrected chi connectivity index (χ2v) is 17.8. The molecule has 0 aromatic carbocycles. The lowest BCUT2D eigenvalue weighted by Crippen LogP contribution is -2.40. The average molecular weight is 921 g/mol. The molecule has 0 aliphatic rings. The zero-order chi connectivity index (χ0) is 48.4. The van der Waals surface area contributed by atoms with Gasteiger partial charge in [-0.25, -0.2) is 4.79 Å². The first-order chi connectivity index (χ1) is 32.1. The summed E-state index contributed by atoms with van der Waals surface area (Å²) < 4.78 is 22.7. The van der Waals surface area contributed by atoms with Crippen LogP contribution < -0.4 is 0 Å². The number of carbonyl (C=O) groups excluding carboxylic acids is 2. The number of rotatable bonds is 45. The van der Waals surface area contributed by atoms with Gasteiger partial charge in [0.1, 0.15) is 13.2 Å². The molecule has 0 aromatic heterocycles. The smallest absolute Gasteiger partial charge is 0.361 e. The number of carboxylic acids is 1. The van der Waals surface area contributed by atoms with Gasteiger partial charge in [-0.2, -0.15) is 0 Å². The van der Waals surface area contributed by atoms with Crippen LogP contribution in [0.2, 0.25) is 0 Å². The lowest BCUT2D eigenvalue weighted by atomic mass is 10.1. The summed E-state index contributed by atoms with van der Waals surface area (Å²) in [7, 11) is 5.94. The topological polar surface area (TPSA) is 108 Å². The van der Waals surface area contributed by atoms with Gasteiger partial charge in [0, 0.05) is 12.8 Å². The van der Waals surface area contributed by atoms with E-state index in [2.05, 4.69) is 123 Å². The third-order valence-electron chi connectivity index (χ3n) is 10.3. The van der Waals surface area contributed by atoms with Crippen molar-refractivity contribution in [2.75, 3.05) is 47.5 Å². The highest BCUT2D eigenvalue weighted by atomic mass is 16.7. The van der Waals surface area contributed by atoms with Crippen molar-refractivity contribution < 1.29 is 42.9 Å². The van der Waals surface area contributed by atoms with Crippen LogP contribution in [-0.2, 0) is 33.3 Å². The molecule has 9 heteroatoms. The lowest BCUT2D eigenvalue weighted by molar-refractivity contribution is -0.870. The molecule has 9 nitrogen and oxygen atoms in total. The van der Waals surface area contributed by atoms with Crippen molar-refractivity contribution in [1.82, 2.24) is 0 Å². The van der Waals surface area contributed by atoms with E-state index in [1.54, 1.807) is 0 Å². The van der Waals surface area contributed by atoms with E-state index in [1.807, 2.05) is 21.1 Å². The van der Waals surface area contributed by atoms with Crippen LogP contribution in [0, 0.1) is 0 Å². The zero-order valence-electron chi connectivity index (χ0n) is 42.3. The minimum Gasteiger partial charge on any atom is -0.477 e. The molecule has 0 heterocycles. The molecule has 0 fully saturated rings. The number of quaternary nitrogens is 1. The fourth-order valence-electron chi connectivity index (χ4n) is 6.36. The average Bonchev–Trinajstić information content (AvgIpc) is 3.28. The monoisotopic (exact) mass is 921 g/mol. The molecule has 0 bridgehead atoms. The van der Waals surface area contributed by atoms with E-state index >= 15 is 0 Å². The molecule has 0 radical (unpaired) electrons. The summed E-state index contributed by atoms with van der Waals surface area (Å²) in [4.78, 5) is 37.0. The number of likely N-dealkylation sites (N-methyl/N-ethyl adjacent to an activating group) is 1. The SMILES string of the molecule is CC/C=C\C/C=C\C/C=C\C/C=C\C/C=C\C/C=C\C/C=C\C/C=C\C/C=C\CCCCCCCC(=O)OC(COC(=O)CCCCCCCCCC)COC(OCC[N+](C)(C)C)C(=O)O. The highest BCUT2D eigenvalue weighted by molar-refractivity contribution is 5.71. The Labute approximate surface area is 403 Å². The van der Waals surface area contributed by atoms with E-state index in [-0.39, 0.29) is 32.2 Å². The van der Waals surface area contributed by atoms with Crippen molar-refractivity contribution >= 4 is 17.9 Å². The first-order valence-electron chi connectivity index (χ1n) is 25.6. The Morgan fingerprint density at radius 2 is 0.864 bits per heavy atom. The molecule has 0 rings (SSSR count). The predicted octanol–water partition coefficient (Wildman–Crippen LogP) is 14.4. The number of unbranched alkanes of at least 4 members (excludes halogenated alkanes) is 12. The zero-order valence-corrected chi connectivity index (χ0v) is 42.3. The number of aliphatic carboxylic acids is 1. The van der Waals surface area contributed by atoms with Crippen molar-refractivity contribution in [1.29, 1.82) is 0 Å². The first kappa shape index (κ1) is 62.0. The van der Waals surface area contributed by atoms with Crippen LogP contribution in [0.15, 0.2) is 109 Å². The molecule has 0 saturated heterocycles. The number of hydrogen-bond acceptors (Lipinski definition) is 7. The molecule has 374 valence electrons. The molecular weight excluding hydrogens is 827 g/mol. The minimum atomic E-state index is -1.52. The van der Waals surface area contributed by atoms with Crippen LogP contribution >= 0.6 is 0 Å². The Morgan fingerprint density at radius 1 is 0.470 bits per heavy atom. The molecule has 0 spiro atoms. The lowest BCUT2D eigenvalue weighted by Gasteiger charge is -2.25. The Hall–Kier alpha value is -4.05. The summed E-state index contributed by atoms with van der Waals surface area (Å²) in [5.74, 6) is -2.05. The molecule has 2 atom stereocenters. The van der Waals surface area contributed by atoms with Gasteiger partial charge in [-0.05, 0) is 83.5 Å². The van der Waals surface area contributed by atoms with Gasteiger partial charge in [0.2, 0.25) is 0 Å². The highest BCUT2D eigenvalue weighted by Gasteiger charge is 2.25. The molecular formula is C57H94NO8+. The van der Waals surface area contributed by atoms with E-state index in [1.165, 1.54) is 32.1 Å². The number of nitrogens with zero attached hydrogens (tertiary/aromatic N) is 1. The van der Waals surface area contributed by atoms with Gasteiger partial charge in [-0.1, -0.05) is 187 Å². The van der Waals surface area contributed by atoms with Crippen LogP contribution in [-0.4, -0.2) is 87.4 Å². The Morgan fingerprint density at radius 3 is 1.29 bits per heavy atom. The van der Waals surface area contributed by atoms with Gasteiger partial charge >= 0.3 is 17.9 Å². The van der Waals surface area contributed by atoms with E-state index in [4.69, 9.17) is 18.9 Å². The first-order valence-corrected chi connectivity index (χ1v) is 25.6. The largest absolute Gasteiger partial charge is 0.477 e.